The molecule has 1 spiro atoms. The molecule has 0 bridgehead atoms. The van der Waals surface area contributed by atoms with Crippen LogP contribution in [-0.4, -0.2) is 42.5 Å². The number of ketones is 1. The van der Waals surface area contributed by atoms with E-state index in [9.17, 15) is 9.90 Å². The van der Waals surface area contributed by atoms with Gasteiger partial charge in [-0.1, -0.05) is 62.8 Å². The number of carbonyl (C=O) groups excluding carboxylic acids is 1. The molecule has 6 heteroatoms. The highest BCUT2D eigenvalue weighted by Gasteiger charge is 2.57. The van der Waals surface area contributed by atoms with E-state index in [0.717, 1.165) is 70.4 Å². The highest BCUT2D eigenvalue weighted by atomic mass is 16.7. The number of allylic oxidation sites excluding steroid dienone is 2. The molecule has 6 atom stereocenters. The molecular formula is C38H54N2O4. The maximum Gasteiger partial charge on any atom is 0.169 e. The van der Waals surface area contributed by atoms with E-state index in [1.807, 2.05) is 0 Å². The normalized spacial score (nSPS) is 35.4. The first-order chi connectivity index (χ1) is 21.1. The molecule has 3 N–H and O–H groups in total. The molecular weight excluding hydrogens is 548 g/mol. The predicted molar refractivity (Wildman–Crippen MR) is 172 cm³/mol. The molecule has 7 rings (SSSR count). The Hall–Kier alpha value is -2.15. The Morgan fingerprint density at radius 3 is 2.45 bits per heavy atom. The summed E-state index contributed by atoms with van der Waals surface area (Å²) in [5, 5.41) is 17.9. The van der Waals surface area contributed by atoms with Crippen molar-refractivity contribution >= 4 is 5.78 Å². The van der Waals surface area contributed by atoms with Crippen LogP contribution in [-0.2, 0) is 20.8 Å². The van der Waals surface area contributed by atoms with Crippen LogP contribution >= 0.6 is 0 Å². The van der Waals surface area contributed by atoms with Crippen LogP contribution in [0, 0.1) is 34.5 Å². The first kappa shape index (κ1) is 30.5. The molecule has 5 fully saturated rings. The zero-order valence-electron chi connectivity index (χ0n) is 27.3. The van der Waals surface area contributed by atoms with Gasteiger partial charge in [-0.05, 0) is 85.7 Å². The number of nitrogens with one attached hydrogen (secondary N) is 2. The molecule has 1 saturated heterocycles. The van der Waals surface area contributed by atoms with Crippen LogP contribution in [0.5, 0.6) is 0 Å². The van der Waals surface area contributed by atoms with Gasteiger partial charge in [0.15, 0.2) is 5.79 Å². The average molecular weight is 603 g/mol. The topological polar surface area (TPSA) is 79.8 Å². The van der Waals surface area contributed by atoms with Crippen LogP contribution in [0.4, 0.5) is 0 Å². The van der Waals surface area contributed by atoms with E-state index in [2.05, 4.69) is 62.2 Å². The number of carbonyl (C=O) groups is 1. The fourth-order valence-corrected chi connectivity index (χ4v) is 9.58. The molecule has 0 radical (unpaired) electrons. The molecule has 44 heavy (non-hydrogen) atoms. The lowest BCUT2D eigenvalue weighted by molar-refractivity contribution is -0.312. The lowest BCUT2D eigenvalue weighted by atomic mass is 9.52. The van der Waals surface area contributed by atoms with Crippen molar-refractivity contribution in [3.05, 3.63) is 58.9 Å². The number of rotatable bonds is 9. The highest BCUT2D eigenvalue weighted by Crippen LogP contribution is 2.65. The molecule has 6 unspecified atom stereocenters. The first-order valence-corrected chi connectivity index (χ1v) is 17.5. The van der Waals surface area contributed by atoms with Crippen molar-refractivity contribution in [2.75, 3.05) is 19.8 Å². The van der Waals surface area contributed by atoms with Crippen molar-refractivity contribution in [3.8, 4) is 0 Å². The van der Waals surface area contributed by atoms with E-state index in [1.165, 1.54) is 24.0 Å². The number of hydrogen-bond acceptors (Lipinski definition) is 6. The second-order valence-corrected chi connectivity index (χ2v) is 16.2. The molecule has 6 nitrogen and oxygen atoms in total. The molecule has 0 aromatic heterocycles. The highest BCUT2D eigenvalue weighted by molar-refractivity contribution is 5.83. The summed E-state index contributed by atoms with van der Waals surface area (Å²) in [7, 11) is 0. The quantitative estimate of drug-likeness (QED) is 0.272. The van der Waals surface area contributed by atoms with E-state index < -0.39 is 5.79 Å². The van der Waals surface area contributed by atoms with Crippen molar-refractivity contribution in [1.82, 2.24) is 10.6 Å². The third-order valence-corrected chi connectivity index (χ3v) is 12.4. The van der Waals surface area contributed by atoms with Gasteiger partial charge >= 0.3 is 0 Å². The van der Waals surface area contributed by atoms with E-state index in [0.29, 0.717) is 54.9 Å². The van der Waals surface area contributed by atoms with Crippen LogP contribution in [0.15, 0.2) is 47.8 Å². The minimum Gasteiger partial charge on any atom is -0.393 e. The minimum atomic E-state index is -0.403. The summed E-state index contributed by atoms with van der Waals surface area (Å²) in [6.07, 6.45) is 11.1. The minimum absolute atomic E-state index is 0.0200. The summed E-state index contributed by atoms with van der Waals surface area (Å²) in [5.74, 6) is 3.12. The molecule has 240 valence electrons. The van der Waals surface area contributed by atoms with Gasteiger partial charge in [-0.25, -0.2) is 0 Å². The van der Waals surface area contributed by atoms with Gasteiger partial charge in [0, 0.05) is 49.6 Å². The van der Waals surface area contributed by atoms with Crippen LogP contribution in [0.1, 0.15) is 108 Å². The lowest BCUT2D eigenvalue weighted by Crippen LogP contribution is -2.52. The van der Waals surface area contributed by atoms with Gasteiger partial charge in [-0.15, -0.1) is 0 Å². The second kappa shape index (κ2) is 11.6. The van der Waals surface area contributed by atoms with Crippen molar-refractivity contribution in [1.29, 1.82) is 0 Å². The average Bonchev–Trinajstić information content (AvgIpc) is 3.82. The summed E-state index contributed by atoms with van der Waals surface area (Å²) in [6, 6.07) is 9.19. The maximum absolute atomic E-state index is 12.0. The third-order valence-electron chi connectivity index (χ3n) is 12.4. The largest absolute Gasteiger partial charge is 0.393 e. The summed E-state index contributed by atoms with van der Waals surface area (Å²) in [5.41, 5.74) is 6.09. The summed E-state index contributed by atoms with van der Waals surface area (Å²) < 4.78 is 13.0. The Kier molecular flexibility index (Phi) is 8.03. The second-order valence-electron chi connectivity index (χ2n) is 16.2. The van der Waals surface area contributed by atoms with E-state index >= 15 is 0 Å². The Labute approximate surface area is 264 Å². The monoisotopic (exact) mass is 602 g/mol. The van der Waals surface area contributed by atoms with Gasteiger partial charge < -0.3 is 25.2 Å². The number of fused-ring (bicyclic) bond motifs is 4. The molecule has 1 heterocycles. The van der Waals surface area contributed by atoms with Gasteiger partial charge in [0.05, 0.1) is 25.1 Å². The summed E-state index contributed by atoms with van der Waals surface area (Å²) in [6.45, 7) is 13.8. The lowest BCUT2D eigenvalue weighted by Gasteiger charge is -2.55. The molecule has 1 aromatic carbocycles. The Bertz CT molecular complexity index is 1290. The Balaban J connectivity index is 1.07. The van der Waals surface area contributed by atoms with Gasteiger partial charge in [-0.3, -0.25) is 4.79 Å². The molecule has 6 aliphatic rings. The molecule has 5 aliphatic carbocycles. The Morgan fingerprint density at radius 2 is 1.73 bits per heavy atom. The number of Topliss-reactive ketones (excluding diaryl/α,β-unsaturated/α-hetero) is 1. The van der Waals surface area contributed by atoms with Crippen molar-refractivity contribution < 1.29 is 19.4 Å². The molecule has 1 aromatic rings. The number of hydrogen-bond donors (Lipinski definition) is 3. The molecule has 4 saturated carbocycles. The van der Waals surface area contributed by atoms with E-state index in [-0.39, 0.29) is 16.9 Å². The third kappa shape index (κ3) is 5.80. The van der Waals surface area contributed by atoms with Gasteiger partial charge in [0.1, 0.15) is 5.78 Å². The number of aliphatic hydroxyl groups is 1. The maximum atomic E-state index is 12.0. The van der Waals surface area contributed by atoms with E-state index in [1.54, 1.807) is 11.1 Å². The van der Waals surface area contributed by atoms with Crippen LogP contribution in [0.2, 0.25) is 0 Å². The number of aliphatic hydroxyl groups excluding tert-OH is 1. The fourth-order valence-electron chi connectivity index (χ4n) is 9.58. The smallest absolute Gasteiger partial charge is 0.169 e. The van der Waals surface area contributed by atoms with Crippen molar-refractivity contribution in [2.24, 2.45) is 34.5 Å². The Morgan fingerprint density at radius 1 is 0.977 bits per heavy atom. The standard InChI is InChI=1S/C38H54N2O4/c1-24(39-18-16-33(41)27-9-10-27)40-21-25-5-7-26(8-6-25)31-20-37(4)32(13-14-34(37)42)30-12-11-28-19-38(17-15-29(28)35(30)31)43-22-36(2,3)23-44-38/h5-8,27-28,30-32,34,39-40,42H,1,9-23H2,2-4H3. The molecule has 1 aliphatic heterocycles. The van der Waals surface area contributed by atoms with E-state index in [4.69, 9.17) is 9.47 Å². The van der Waals surface area contributed by atoms with Gasteiger partial charge in [-0.2, -0.15) is 0 Å². The number of ether oxygens (including phenoxy) is 2. The van der Waals surface area contributed by atoms with Crippen LogP contribution in [0.25, 0.3) is 0 Å². The van der Waals surface area contributed by atoms with Crippen LogP contribution < -0.4 is 10.6 Å². The first-order valence-electron chi connectivity index (χ1n) is 17.5. The van der Waals surface area contributed by atoms with Crippen molar-refractivity contribution in [3.63, 3.8) is 0 Å². The van der Waals surface area contributed by atoms with Gasteiger partial charge in [0.2, 0.25) is 0 Å². The zero-order chi connectivity index (χ0) is 30.7. The number of benzene rings is 1. The summed E-state index contributed by atoms with van der Waals surface area (Å²) in [4.78, 5) is 12.0. The zero-order valence-corrected chi connectivity index (χ0v) is 27.3. The fraction of sp³-hybridized carbons (Fsp3) is 0.711. The predicted octanol–water partition coefficient (Wildman–Crippen LogP) is 6.75. The molecule has 0 amide bonds. The van der Waals surface area contributed by atoms with Crippen molar-refractivity contribution in [2.45, 2.75) is 116 Å². The SMILES string of the molecule is C=C(NCCC(=O)C1CC1)NCc1ccc(C2CC3(C)C(O)CCC3C3CCC4CC5(CCC4=C23)OCC(C)(C)CO5)cc1. The van der Waals surface area contributed by atoms with Crippen LogP contribution in [0.3, 0.4) is 0 Å². The summed E-state index contributed by atoms with van der Waals surface area (Å²) >= 11 is 0. The van der Waals surface area contributed by atoms with Gasteiger partial charge in [0.25, 0.3) is 0 Å².